The van der Waals surface area contributed by atoms with Crippen LogP contribution >= 0.6 is 0 Å². The smallest absolute Gasteiger partial charge is 0.0547 e. The van der Waals surface area contributed by atoms with Gasteiger partial charge in [-0.05, 0) is 12.5 Å². The van der Waals surface area contributed by atoms with Crippen molar-refractivity contribution < 1.29 is 0 Å². The van der Waals surface area contributed by atoms with Crippen LogP contribution in [0.5, 0.6) is 0 Å². The van der Waals surface area contributed by atoms with E-state index in [2.05, 4.69) is 22.4 Å². The molecule has 0 bridgehead atoms. The number of nitrogens with one attached hydrogen (secondary N) is 1. The Labute approximate surface area is 95.1 Å². The van der Waals surface area contributed by atoms with Gasteiger partial charge in [-0.2, -0.15) is 10.2 Å². The highest BCUT2D eigenvalue weighted by atomic mass is 15.3. The van der Waals surface area contributed by atoms with Crippen LogP contribution in [0.3, 0.4) is 0 Å². The Morgan fingerprint density at radius 2 is 2.00 bits per heavy atom. The van der Waals surface area contributed by atoms with Crippen molar-refractivity contribution in [2.75, 3.05) is 0 Å². The van der Waals surface area contributed by atoms with Gasteiger partial charge in [0.25, 0.3) is 0 Å². The van der Waals surface area contributed by atoms with Crippen LogP contribution in [-0.4, -0.2) is 19.6 Å². The van der Waals surface area contributed by atoms with E-state index in [4.69, 9.17) is 0 Å². The van der Waals surface area contributed by atoms with Gasteiger partial charge in [0.2, 0.25) is 0 Å². The lowest BCUT2D eigenvalue weighted by atomic mass is 10.2. The summed E-state index contributed by atoms with van der Waals surface area (Å²) in [5.74, 6) is 0. The van der Waals surface area contributed by atoms with Gasteiger partial charge in [0.05, 0.1) is 18.1 Å². The zero-order chi connectivity index (χ0) is 11.5. The molecule has 0 saturated heterocycles. The number of rotatable bonds is 4. The molecule has 0 saturated carbocycles. The zero-order valence-electron chi connectivity index (χ0n) is 9.94. The summed E-state index contributed by atoms with van der Waals surface area (Å²) in [6.45, 7) is 3.74. The van der Waals surface area contributed by atoms with Crippen LogP contribution < -0.4 is 5.32 Å². The fourth-order valence-corrected chi connectivity index (χ4v) is 1.71. The van der Waals surface area contributed by atoms with Gasteiger partial charge in [-0.25, -0.2) is 0 Å². The molecular weight excluding hydrogens is 202 g/mol. The fourth-order valence-electron chi connectivity index (χ4n) is 1.71. The fraction of sp³-hybridized carbons (Fsp3) is 0.455. The molecule has 2 aromatic rings. The Morgan fingerprint density at radius 3 is 2.56 bits per heavy atom. The van der Waals surface area contributed by atoms with Crippen molar-refractivity contribution in [3.8, 4) is 0 Å². The lowest BCUT2D eigenvalue weighted by Crippen LogP contribution is -2.15. The third-order valence-corrected chi connectivity index (χ3v) is 2.65. The summed E-state index contributed by atoms with van der Waals surface area (Å²) in [4.78, 5) is 0. The van der Waals surface area contributed by atoms with E-state index in [1.807, 2.05) is 42.0 Å². The van der Waals surface area contributed by atoms with Crippen molar-refractivity contribution in [1.82, 2.24) is 24.9 Å². The predicted molar refractivity (Wildman–Crippen MR) is 61.7 cm³/mol. The SMILES string of the molecule is Cc1cnn(C)c1CNCc1cnn(C)c1. The van der Waals surface area contributed by atoms with Crippen LogP contribution in [0.2, 0.25) is 0 Å². The van der Waals surface area contributed by atoms with Gasteiger partial charge in [-0.15, -0.1) is 0 Å². The highest BCUT2D eigenvalue weighted by Crippen LogP contribution is 2.05. The predicted octanol–water partition coefficient (Wildman–Crippen LogP) is 0.752. The van der Waals surface area contributed by atoms with Crippen molar-refractivity contribution in [2.45, 2.75) is 20.0 Å². The molecule has 86 valence electrons. The van der Waals surface area contributed by atoms with Crippen LogP contribution in [0.1, 0.15) is 16.8 Å². The van der Waals surface area contributed by atoms with E-state index >= 15 is 0 Å². The Hall–Kier alpha value is -1.62. The average molecular weight is 219 g/mol. The number of hydrogen-bond acceptors (Lipinski definition) is 3. The summed E-state index contributed by atoms with van der Waals surface area (Å²) in [5.41, 5.74) is 3.65. The van der Waals surface area contributed by atoms with E-state index in [1.54, 1.807) is 0 Å². The molecule has 0 aromatic carbocycles. The molecule has 0 unspecified atom stereocenters. The summed E-state index contributed by atoms with van der Waals surface area (Å²) in [5, 5.41) is 11.7. The maximum absolute atomic E-state index is 4.21. The van der Waals surface area contributed by atoms with Crippen LogP contribution in [0, 0.1) is 6.92 Å². The van der Waals surface area contributed by atoms with Crippen LogP contribution in [0.4, 0.5) is 0 Å². The van der Waals surface area contributed by atoms with Gasteiger partial charge in [-0.1, -0.05) is 0 Å². The van der Waals surface area contributed by atoms with E-state index in [0.29, 0.717) is 0 Å². The maximum atomic E-state index is 4.21. The second-order valence-corrected chi connectivity index (χ2v) is 4.02. The van der Waals surface area contributed by atoms with E-state index in [9.17, 15) is 0 Å². The van der Waals surface area contributed by atoms with Crippen molar-refractivity contribution in [3.05, 3.63) is 35.4 Å². The normalized spacial score (nSPS) is 10.9. The average Bonchev–Trinajstić information content (AvgIpc) is 2.78. The Kier molecular flexibility index (Phi) is 3.05. The monoisotopic (exact) mass is 219 g/mol. The quantitative estimate of drug-likeness (QED) is 0.825. The minimum Gasteiger partial charge on any atom is -0.307 e. The minimum absolute atomic E-state index is 0.831. The van der Waals surface area contributed by atoms with Crippen LogP contribution in [-0.2, 0) is 27.2 Å². The number of aryl methyl sites for hydroxylation is 3. The molecule has 0 aliphatic carbocycles. The maximum Gasteiger partial charge on any atom is 0.0547 e. The molecule has 0 fully saturated rings. The first-order valence-electron chi connectivity index (χ1n) is 5.32. The second-order valence-electron chi connectivity index (χ2n) is 4.02. The molecule has 5 nitrogen and oxygen atoms in total. The van der Waals surface area contributed by atoms with Crippen LogP contribution in [0.25, 0.3) is 0 Å². The molecule has 2 heterocycles. The first-order chi connectivity index (χ1) is 7.66. The van der Waals surface area contributed by atoms with Gasteiger partial charge in [0.15, 0.2) is 0 Å². The first kappa shape index (κ1) is 10.9. The van der Waals surface area contributed by atoms with Gasteiger partial charge in [0.1, 0.15) is 0 Å². The molecule has 2 aromatic heterocycles. The van der Waals surface area contributed by atoms with E-state index in [-0.39, 0.29) is 0 Å². The number of aromatic nitrogens is 4. The highest BCUT2D eigenvalue weighted by molar-refractivity contribution is 5.15. The van der Waals surface area contributed by atoms with E-state index in [1.165, 1.54) is 16.8 Å². The molecular formula is C11H17N5. The van der Waals surface area contributed by atoms with Gasteiger partial charge in [0, 0.05) is 38.9 Å². The standard InChI is InChI=1S/C11H17N5/c1-9-4-14-16(3)11(9)7-12-5-10-6-13-15(2)8-10/h4,6,8,12H,5,7H2,1-3H3. The van der Waals surface area contributed by atoms with Gasteiger partial charge in [-0.3, -0.25) is 9.36 Å². The van der Waals surface area contributed by atoms with Crippen molar-refractivity contribution in [2.24, 2.45) is 14.1 Å². The zero-order valence-corrected chi connectivity index (χ0v) is 9.94. The molecule has 5 heteroatoms. The lowest BCUT2D eigenvalue weighted by Gasteiger charge is -2.05. The van der Waals surface area contributed by atoms with E-state index in [0.717, 1.165) is 13.1 Å². The lowest BCUT2D eigenvalue weighted by molar-refractivity contribution is 0.623. The summed E-state index contributed by atoms with van der Waals surface area (Å²) >= 11 is 0. The Balaban J connectivity index is 1.89. The second kappa shape index (κ2) is 4.49. The molecule has 0 aliphatic rings. The minimum atomic E-state index is 0.831. The highest BCUT2D eigenvalue weighted by Gasteiger charge is 2.03. The Morgan fingerprint density at radius 1 is 1.19 bits per heavy atom. The first-order valence-corrected chi connectivity index (χ1v) is 5.32. The number of nitrogens with zero attached hydrogens (tertiary/aromatic N) is 4. The van der Waals surface area contributed by atoms with Gasteiger partial charge < -0.3 is 5.32 Å². The summed E-state index contributed by atoms with van der Waals surface area (Å²) in [6, 6.07) is 0. The van der Waals surface area contributed by atoms with Crippen molar-refractivity contribution in [1.29, 1.82) is 0 Å². The summed E-state index contributed by atoms with van der Waals surface area (Å²) < 4.78 is 3.72. The van der Waals surface area contributed by atoms with Crippen molar-refractivity contribution in [3.63, 3.8) is 0 Å². The molecule has 0 aliphatic heterocycles. The third kappa shape index (κ3) is 2.30. The van der Waals surface area contributed by atoms with Crippen LogP contribution in [0.15, 0.2) is 18.6 Å². The summed E-state index contributed by atoms with van der Waals surface area (Å²) in [6.07, 6.45) is 5.79. The molecule has 1 N–H and O–H groups in total. The largest absolute Gasteiger partial charge is 0.307 e. The number of hydrogen-bond donors (Lipinski definition) is 1. The van der Waals surface area contributed by atoms with E-state index < -0.39 is 0 Å². The van der Waals surface area contributed by atoms with Crippen molar-refractivity contribution >= 4 is 0 Å². The molecule has 0 spiro atoms. The molecule has 0 atom stereocenters. The molecule has 0 radical (unpaired) electrons. The molecule has 0 amide bonds. The topological polar surface area (TPSA) is 47.7 Å². The Bertz CT molecular complexity index is 449. The third-order valence-electron chi connectivity index (χ3n) is 2.65. The van der Waals surface area contributed by atoms with Gasteiger partial charge >= 0.3 is 0 Å². The summed E-state index contributed by atoms with van der Waals surface area (Å²) in [7, 11) is 3.89. The molecule has 16 heavy (non-hydrogen) atoms. The molecule has 2 rings (SSSR count).